The van der Waals surface area contributed by atoms with E-state index in [4.69, 9.17) is 14.2 Å². The highest BCUT2D eigenvalue weighted by Gasteiger charge is 2.44. The van der Waals surface area contributed by atoms with Crippen LogP contribution >= 0.6 is 0 Å². The molecule has 1 fully saturated rings. The first-order valence-corrected chi connectivity index (χ1v) is 12.0. The second-order valence-electron chi connectivity index (χ2n) is 9.30. The van der Waals surface area contributed by atoms with E-state index in [0.717, 1.165) is 10.9 Å². The molecule has 37 heavy (non-hydrogen) atoms. The van der Waals surface area contributed by atoms with Crippen molar-refractivity contribution < 1.29 is 23.8 Å². The molecule has 4 heterocycles. The van der Waals surface area contributed by atoms with Crippen LogP contribution in [0.5, 0.6) is 17.2 Å². The molecule has 0 radical (unpaired) electrons. The molecular weight excluding hydrogens is 474 g/mol. The van der Waals surface area contributed by atoms with Crippen LogP contribution in [0.25, 0.3) is 22.3 Å². The molecule has 2 aliphatic heterocycles. The Hall–Kier alpha value is -4.47. The quantitative estimate of drug-likeness (QED) is 0.452. The lowest BCUT2D eigenvalue weighted by Crippen LogP contribution is -2.52. The first-order valence-electron chi connectivity index (χ1n) is 12.0. The van der Waals surface area contributed by atoms with Gasteiger partial charge in [-0.1, -0.05) is 0 Å². The normalized spacial score (nSPS) is 16.4. The van der Waals surface area contributed by atoms with Crippen molar-refractivity contribution in [2.24, 2.45) is 0 Å². The number of ether oxygens (including phenoxy) is 3. The number of carbonyl (C=O) groups is 2. The van der Waals surface area contributed by atoms with E-state index in [-0.39, 0.29) is 18.1 Å². The van der Waals surface area contributed by atoms with Crippen LogP contribution in [-0.2, 0) is 0 Å². The Labute approximate surface area is 212 Å². The third-order valence-electron chi connectivity index (χ3n) is 7.14. The van der Waals surface area contributed by atoms with Gasteiger partial charge in [-0.25, -0.2) is 9.97 Å². The van der Waals surface area contributed by atoms with Gasteiger partial charge in [0, 0.05) is 42.9 Å². The topological polar surface area (TPSA) is 120 Å². The molecular formula is C27H25N5O5. The number of aromatic amines is 1. The first kappa shape index (κ1) is 23.0. The van der Waals surface area contributed by atoms with E-state index >= 15 is 0 Å². The molecule has 0 atom stereocenters. The third kappa shape index (κ3) is 4.04. The number of rotatable bonds is 4. The van der Waals surface area contributed by atoms with Gasteiger partial charge in [0.05, 0.1) is 31.7 Å². The van der Waals surface area contributed by atoms with E-state index < -0.39 is 5.60 Å². The average molecular weight is 500 g/mol. The van der Waals surface area contributed by atoms with Crippen LogP contribution in [0.2, 0.25) is 0 Å². The van der Waals surface area contributed by atoms with Crippen LogP contribution in [-0.4, -0.2) is 69.7 Å². The van der Waals surface area contributed by atoms with Gasteiger partial charge >= 0.3 is 0 Å². The molecule has 2 aromatic carbocycles. The number of Topliss-reactive ketones (excluding diaryl/α,β-unsaturated/α-hetero) is 1. The maximum atomic E-state index is 13.4. The molecule has 10 nitrogen and oxygen atoms in total. The van der Waals surface area contributed by atoms with Crippen LogP contribution in [0, 0.1) is 0 Å². The van der Waals surface area contributed by atoms with Crippen LogP contribution < -0.4 is 14.2 Å². The van der Waals surface area contributed by atoms with Crippen molar-refractivity contribution in [3.63, 3.8) is 0 Å². The Morgan fingerprint density at radius 1 is 1.08 bits per heavy atom. The summed E-state index contributed by atoms with van der Waals surface area (Å²) in [5.74, 6) is 2.18. The largest absolute Gasteiger partial charge is 0.497 e. The minimum absolute atomic E-state index is 0.0229. The third-order valence-corrected chi connectivity index (χ3v) is 7.14. The van der Waals surface area contributed by atoms with E-state index in [1.54, 1.807) is 43.4 Å². The first-order chi connectivity index (χ1) is 18.0. The number of piperidine rings is 1. The molecule has 6 rings (SSSR count). The number of H-pyrrole nitrogens is 1. The second-order valence-corrected chi connectivity index (χ2v) is 9.30. The summed E-state index contributed by atoms with van der Waals surface area (Å²) in [5, 5.41) is 7.54. The standard InChI is InChI=1S/C27H25N5O5/c1-35-17-4-5-20-18(12-17)24(36-2)13-21(30-20)26(34)32-9-7-27(8-10-32)14-22(33)19-11-16(3-6-23(19)37-27)25-28-15-29-31-25/h3-6,11-13,15H,7-10,14H2,1-2H3,(H,28,29,31). The van der Waals surface area contributed by atoms with E-state index in [0.29, 0.717) is 65.8 Å². The number of amides is 1. The van der Waals surface area contributed by atoms with E-state index in [2.05, 4.69) is 20.2 Å². The fourth-order valence-electron chi connectivity index (χ4n) is 5.12. The highest BCUT2D eigenvalue weighted by atomic mass is 16.5. The zero-order valence-corrected chi connectivity index (χ0v) is 20.5. The van der Waals surface area contributed by atoms with Crippen molar-refractivity contribution >= 4 is 22.6 Å². The number of likely N-dealkylation sites (tertiary alicyclic amines) is 1. The van der Waals surface area contributed by atoms with E-state index in [1.807, 2.05) is 18.2 Å². The Morgan fingerprint density at radius 2 is 1.92 bits per heavy atom. The fourth-order valence-corrected chi connectivity index (χ4v) is 5.12. The SMILES string of the molecule is COc1ccc2nc(C(=O)N3CCC4(CC3)CC(=O)c3cc(-c5nc[nH]n5)ccc3O4)cc(OC)c2c1. The summed E-state index contributed by atoms with van der Waals surface area (Å²) >= 11 is 0. The Kier molecular flexibility index (Phi) is 5.51. The predicted octanol–water partition coefficient (Wildman–Crippen LogP) is 3.68. The number of pyridine rings is 1. The van der Waals surface area contributed by atoms with Gasteiger partial charge in [-0.2, -0.15) is 5.10 Å². The molecule has 188 valence electrons. The van der Waals surface area contributed by atoms with Gasteiger partial charge in [0.1, 0.15) is 34.9 Å². The fraction of sp³-hybridized carbons (Fsp3) is 0.296. The molecule has 0 aliphatic carbocycles. The number of hydrogen-bond donors (Lipinski definition) is 1. The summed E-state index contributed by atoms with van der Waals surface area (Å²) < 4.78 is 17.2. The minimum Gasteiger partial charge on any atom is -0.497 e. The van der Waals surface area contributed by atoms with Crippen LogP contribution in [0.1, 0.15) is 40.1 Å². The Morgan fingerprint density at radius 3 is 2.65 bits per heavy atom. The molecule has 2 aromatic heterocycles. The van der Waals surface area contributed by atoms with Gasteiger partial charge in [0.25, 0.3) is 5.91 Å². The van der Waals surface area contributed by atoms with Crippen molar-refractivity contribution in [3.8, 4) is 28.6 Å². The maximum absolute atomic E-state index is 13.4. The summed E-state index contributed by atoms with van der Waals surface area (Å²) in [7, 11) is 3.16. The molecule has 0 bridgehead atoms. The molecule has 10 heteroatoms. The smallest absolute Gasteiger partial charge is 0.272 e. The number of benzene rings is 2. The molecule has 1 N–H and O–H groups in total. The van der Waals surface area contributed by atoms with Crippen LogP contribution in [0.15, 0.2) is 48.8 Å². The molecule has 1 spiro atoms. The van der Waals surface area contributed by atoms with E-state index in [9.17, 15) is 9.59 Å². The number of hydrogen-bond acceptors (Lipinski definition) is 8. The van der Waals surface area contributed by atoms with Crippen molar-refractivity contribution in [2.75, 3.05) is 27.3 Å². The highest BCUT2D eigenvalue weighted by molar-refractivity contribution is 6.01. The van der Waals surface area contributed by atoms with Crippen LogP contribution in [0.3, 0.4) is 0 Å². The highest BCUT2D eigenvalue weighted by Crippen LogP contribution is 2.41. The second kappa shape index (κ2) is 8.88. The summed E-state index contributed by atoms with van der Waals surface area (Å²) in [6.07, 6.45) is 2.87. The molecule has 0 saturated carbocycles. The maximum Gasteiger partial charge on any atom is 0.272 e. The number of carbonyl (C=O) groups excluding carboxylic acids is 2. The molecule has 1 saturated heterocycles. The number of methoxy groups -OCH3 is 2. The van der Waals surface area contributed by atoms with Gasteiger partial charge in [-0.3, -0.25) is 14.7 Å². The van der Waals surface area contributed by atoms with E-state index in [1.165, 1.54) is 6.33 Å². The van der Waals surface area contributed by atoms with Crippen molar-refractivity contribution in [2.45, 2.75) is 24.9 Å². The predicted molar refractivity (Wildman–Crippen MR) is 134 cm³/mol. The number of nitrogens with one attached hydrogen (secondary N) is 1. The number of nitrogens with zero attached hydrogens (tertiary/aromatic N) is 4. The lowest BCUT2D eigenvalue weighted by molar-refractivity contribution is -0.00583. The monoisotopic (exact) mass is 499 g/mol. The summed E-state index contributed by atoms with van der Waals surface area (Å²) in [6.45, 7) is 0.919. The van der Waals surface area contributed by atoms with Crippen molar-refractivity contribution in [3.05, 3.63) is 60.0 Å². The Bertz CT molecular complexity index is 1510. The number of fused-ring (bicyclic) bond motifs is 2. The van der Waals surface area contributed by atoms with Gasteiger partial charge in [-0.05, 0) is 36.4 Å². The molecule has 1 amide bonds. The Balaban J connectivity index is 1.19. The average Bonchev–Trinajstić information content (AvgIpc) is 3.47. The van der Waals surface area contributed by atoms with Gasteiger partial charge in [0.15, 0.2) is 11.6 Å². The zero-order chi connectivity index (χ0) is 25.6. The van der Waals surface area contributed by atoms with Gasteiger partial charge < -0.3 is 19.1 Å². The summed E-state index contributed by atoms with van der Waals surface area (Å²) in [6, 6.07) is 12.5. The van der Waals surface area contributed by atoms with Gasteiger partial charge in [-0.15, -0.1) is 0 Å². The minimum atomic E-state index is -0.627. The summed E-state index contributed by atoms with van der Waals surface area (Å²) in [4.78, 5) is 37.0. The molecule has 4 aromatic rings. The number of ketones is 1. The summed E-state index contributed by atoms with van der Waals surface area (Å²) in [5.41, 5.74) is 1.63. The van der Waals surface area contributed by atoms with Crippen LogP contribution in [0.4, 0.5) is 0 Å². The molecule has 0 unspecified atom stereocenters. The van der Waals surface area contributed by atoms with Gasteiger partial charge in [0.2, 0.25) is 0 Å². The lowest BCUT2D eigenvalue weighted by Gasteiger charge is -2.43. The lowest BCUT2D eigenvalue weighted by atomic mass is 9.82. The van der Waals surface area contributed by atoms with Crippen molar-refractivity contribution in [1.82, 2.24) is 25.1 Å². The van der Waals surface area contributed by atoms with Crippen molar-refractivity contribution in [1.29, 1.82) is 0 Å². The zero-order valence-electron chi connectivity index (χ0n) is 20.5. The number of aromatic nitrogens is 4. The molecule has 2 aliphatic rings.